The van der Waals surface area contributed by atoms with Crippen molar-refractivity contribution in [3.05, 3.63) is 23.1 Å². The monoisotopic (exact) mass is 485 g/mol. The molecule has 2 amide bonds. The standard InChI is InChI=1S/C22H20FN5O5S/c1-8-7-28-17-11(4-12-16(19-9(2)25-27-34-19)26-33-18(12)15(17)23)6-22(20(28)10(3)32-8)13(29)5-14(30)24-21(22)31/h4,8,10,20H,5-7H2,1-3H3,(H,24,30,31)/t8-,10+,20-,22?/m0/s1. The molecule has 0 saturated carbocycles. The van der Waals surface area contributed by atoms with Crippen LogP contribution < -0.4 is 10.2 Å². The van der Waals surface area contributed by atoms with Crippen molar-refractivity contribution in [3.8, 4) is 10.6 Å². The van der Waals surface area contributed by atoms with Gasteiger partial charge in [-0.2, -0.15) is 0 Å². The number of carbonyl (C=O) groups is 3. The Morgan fingerprint density at radius 1 is 1.29 bits per heavy atom. The van der Waals surface area contributed by atoms with Crippen LogP contribution in [0.25, 0.3) is 21.5 Å². The fourth-order valence-electron chi connectivity index (χ4n) is 5.76. The minimum absolute atomic E-state index is 0.0161. The molecule has 176 valence electrons. The molecular weight excluding hydrogens is 465 g/mol. The van der Waals surface area contributed by atoms with Gasteiger partial charge in [0.05, 0.1) is 41.4 Å². The van der Waals surface area contributed by atoms with Gasteiger partial charge in [-0.3, -0.25) is 19.7 Å². The molecule has 1 N–H and O–H groups in total. The summed E-state index contributed by atoms with van der Waals surface area (Å²) in [4.78, 5) is 41.0. The molecule has 3 aromatic rings. The highest BCUT2D eigenvalue weighted by Crippen LogP contribution is 2.50. The number of benzene rings is 1. The summed E-state index contributed by atoms with van der Waals surface area (Å²) in [6, 6.07) is 0.942. The largest absolute Gasteiger partial charge is 0.372 e. The number of ether oxygens (including phenoxy) is 1. The number of imide groups is 1. The first kappa shape index (κ1) is 21.3. The second kappa shape index (κ2) is 7.12. The number of morpholine rings is 1. The van der Waals surface area contributed by atoms with Crippen LogP contribution in [0.2, 0.25) is 0 Å². The van der Waals surface area contributed by atoms with Gasteiger partial charge in [-0.25, -0.2) is 4.39 Å². The highest BCUT2D eigenvalue weighted by atomic mass is 32.1. The maximum atomic E-state index is 16.1. The van der Waals surface area contributed by atoms with Gasteiger partial charge in [-0.1, -0.05) is 9.64 Å². The number of piperidine rings is 1. The van der Waals surface area contributed by atoms with Crippen LogP contribution in [0.1, 0.15) is 31.5 Å². The van der Waals surface area contributed by atoms with Crippen molar-refractivity contribution in [2.24, 2.45) is 5.41 Å². The molecule has 1 spiro atoms. The Labute approximate surface area is 196 Å². The number of hydrogen-bond donors (Lipinski definition) is 1. The molecule has 10 nitrogen and oxygen atoms in total. The molecule has 1 aromatic carbocycles. The Bertz CT molecular complexity index is 1380. The summed E-state index contributed by atoms with van der Waals surface area (Å²) in [5, 5.41) is 10.8. The van der Waals surface area contributed by atoms with E-state index in [4.69, 9.17) is 9.26 Å². The van der Waals surface area contributed by atoms with Gasteiger partial charge in [0.25, 0.3) is 0 Å². The number of aryl methyl sites for hydroxylation is 1. The average Bonchev–Trinajstić information content (AvgIpc) is 3.37. The Balaban J connectivity index is 1.61. The number of fused-ring (bicyclic) bond motifs is 5. The summed E-state index contributed by atoms with van der Waals surface area (Å²) in [6.07, 6.45) is -1.32. The van der Waals surface area contributed by atoms with E-state index in [1.807, 2.05) is 6.92 Å². The van der Waals surface area contributed by atoms with Crippen LogP contribution in [0, 0.1) is 18.2 Å². The minimum atomic E-state index is -1.58. The summed E-state index contributed by atoms with van der Waals surface area (Å²) in [6.45, 7) is 5.65. The van der Waals surface area contributed by atoms with Crippen LogP contribution in [0.4, 0.5) is 10.1 Å². The van der Waals surface area contributed by atoms with E-state index in [-0.39, 0.29) is 30.3 Å². The van der Waals surface area contributed by atoms with Crippen LogP contribution >= 0.6 is 11.5 Å². The SMILES string of the molecule is Cc1nnsc1-c1noc2c(F)c3c(cc12)CC1(C(=O)CC(=O)NC1=O)[C@@H]1[C@@H](C)O[C@@H](C)CN31. The van der Waals surface area contributed by atoms with Gasteiger partial charge in [-0.15, -0.1) is 5.10 Å². The molecule has 0 aliphatic carbocycles. The smallest absolute Gasteiger partial charge is 0.242 e. The van der Waals surface area contributed by atoms with Crippen LogP contribution in [0.3, 0.4) is 0 Å². The van der Waals surface area contributed by atoms with Gasteiger partial charge in [0, 0.05) is 6.54 Å². The molecule has 2 saturated heterocycles. The van der Waals surface area contributed by atoms with Gasteiger partial charge in [0.15, 0.2) is 11.6 Å². The molecule has 34 heavy (non-hydrogen) atoms. The molecule has 2 aromatic heterocycles. The summed E-state index contributed by atoms with van der Waals surface area (Å²) in [5.74, 6) is -2.40. The molecule has 3 aliphatic rings. The second-order valence-electron chi connectivity index (χ2n) is 9.17. The molecule has 1 unspecified atom stereocenters. The third kappa shape index (κ3) is 2.69. The third-order valence-corrected chi connectivity index (χ3v) is 7.88. The van der Waals surface area contributed by atoms with E-state index < -0.39 is 47.4 Å². The zero-order valence-electron chi connectivity index (χ0n) is 18.5. The van der Waals surface area contributed by atoms with Gasteiger partial charge in [0.2, 0.25) is 17.4 Å². The predicted octanol–water partition coefficient (Wildman–Crippen LogP) is 1.93. The first-order chi connectivity index (χ1) is 16.2. The van der Waals surface area contributed by atoms with E-state index in [9.17, 15) is 14.4 Å². The average molecular weight is 485 g/mol. The number of halogens is 1. The highest BCUT2D eigenvalue weighted by molar-refractivity contribution is 7.09. The van der Waals surface area contributed by atoms with Crippen molar-refractivity contribution in [3.63, 3.8) is 0 Å². The van der Waals surface area contributed by atoms with E-state index >= 15 is 4.39 Å². The fraction of sp³-hybridized carbons (Fsp3) is 0.455. The molecule has 12 heteroatoms. The normalized spacial score (nSPS) is 28.9. The first-order valence-corrected chi connectivity index (χ1v) is 11.7. The maximum Gasteiger partial charge on any atom is 0.242 e. The Morgan fingerprint density at radius 2 is 2.09 bits per heavy atom. The van der Waals surface area contributed by atoms with Crippen molar-refractivity contribution in [2.45, 2.75) is 51.9 Å². The number of aromatic nitrogens is 3. The van der Waals surface area contributed by atoms with E-state index in [0.29, 0.717) is 27.2 Å². The number of anilines is 1. The number of hydrogen-bond acceptors (Lipinski definition) is 10. The predicted molar refractivity (Wildman–Crippen MR) is 118 cm³/mol. The summed E-state index contributed by atoms with van der Waals surface area (Å²) >= 11 is 1.12. The van der Waals surface area contributed by atoms with Crippen LogP contribution in [0.15, 0.2) is 10.6 Å². The van der Waals surface area contributed by atoms with Crippen LogP contribution in [-0.2, 0) is 25.5 Å². The van der Waals surface area contributed by atoms with Crippen molar-refractivity contribution < 1.29 is 28.0 Å². The third-order valence-electron chi connectivity index (χ3n) is 7.04. The van der Waals surface area contributed by atoms with Gasteiger partial charge in [-0.05, 0) is 50.4 Å². The second-order valence-corrected chi connectivity index (χ2v) is 9.92. The van der Waals surface area contributed by atoms with E-state index in [0.717, 1.165) is 11.5 Å². The molecular formula is C22H20FN5O5S. The maximum absolute atomic E-state index is 16.1. The van der Waals surface area contributed by atoms with Gasteiger partial charge in [0.1, 0.15) is 16.0 Å². The number of ketones is 1. The van der Waals surface area contributed by atoms with E-state index in [1.165, 1.54) is 0 Å². The lowest BCUT2D eigenvalue weighted by Gasteiger charge is -2.55. The fourth-order valence-corrected chi connectivity index (χ4v) is 6.41. The summed E-state index contributed by atoms with van der Waals surface area (Å²) in [7, 11) is 0. The van der Waals surface area contributed by atoms with Crippen LogP contribution in [-0.4, -0.2) is 57.1 Å². The molecule has 2 fully saturated rings. The number of Topliss-reactive ketones (excluding diaryl/α,β-unsaturated/α-hetero) is 1. The summed E-state index contributed by atoms with van der Waals surface area (Å²) < 4.78 is 31.4. The lowest BCUT2D eigenvalue weighted by atomic mass is 9.63. The molecule has 0 radical (unpaired) electrons. The van der Waals surface area contributed by atoms with E-state index in [1.54, 1.807) is 24.8 Å². The van der Waals surface area contributed by atoms with Crippen molar-refractivity contribution >= 4 is 45.8 Å². The quantitative estimate of drug-likeness (QED) is 0.406. The zero-order valence-corrected chi connectivity index (χ0v) is 19.4. The minimum Gasteiger partial charge on any atom is -0.372 e. The molecule has 3 aliphatic heterocycles. The Kier molecular flexibility index (Phi) is 4.46. The highest BCUT2D eigenvalue weighted by Gasteiger charge is 2.62. The first-order valence-electron chi connectivity index (χ1n) is 10.9. The molecule has 4 atom stereocenters. The number of rotatable bonds is 1. The zero-order chi connectivity index (χ0) is 23.9. The molecule has 5 heterocycles. The summed E-state index contributed by atoms with van der Waals surface area (Å²) in [5.41, 5.74) is 0.173. The molecule has 0 bridgehead atoms. The number of nitrogens with one attached hydrogen (secondary N) is 1. The number of nitrogens with zero attached hydrogens (tertiary/aromatic N) is 4. The Morgan fingerprint density at radius 3 is 2.79 bits per heavy atom. The lowest BCUT2D eigenvalue weighted by Crippen LogP contribution is -2.72. The topological polar surface area (TPSA) is 128 Å². The van der Waals surface area contributed by atoms with Crippen molar-refractivity contribution in [1.82, 2.24) is 20.1 Å². The lowest BCUT2D eigenvalue weighted by molar-refractivity contribution is -0.158. The van der Waals surface area contributed by atoms with Gasteiger partial charge >= 0.3 is 0 Å². The van der Waals surface area contributed by atoms with Crippen LogP contribution in [0.5, 0.6) is 0 Å². The van der Waals surface area contributed by atoms with Crippen molar-refractivity contribution in [1.29, 1.82) is 0 Å². The number of amides is 2. The Hall–Kier alpha value is -3.25. The molecule has 6 rings (SSSR count). The van der Waals surface area contributed by atoms with E-state index in [2.05, 4.69) is 20.1 Å². The van der Waals surface area contributed by atoms with Gasteiger partial charge < -0.3 is 14.2 Å². The number of carbonyl (C=O) groups excluding carboxylic acids is 3. The van der Waals surface area contributed by atoms with Crippen molar-refractivity contribution in [2.75, 3.05) is 11.4 Å².